The van der Waals surface area contributed by atoms with E-state index in [9.17, 15) is 4.79 Å². The van der Waals surface area contributed by atoms with Crippen LogP contribution in [0.25, 0.3) is 0 Å². The Morgan fingerprint density at radius 1 is 1.50 bits per heavy atom. The van der Waals surface area contributed by atoms with E-state index in [1.54, 1.807) is 0 Å². The van der Waals surface area contributed by atoms with Gasteiger partial charge >= 0.3 is 5.97 Å². The van der Waals surface area contributed by atoms with Crippen molar-refractivity contribution in [1.29, 1.82) is 0 Å². The quantitative estimate of drug-likeness (QED) is 0.380. The number of hydrogen-bond acceptors (Lipinski definition) is 3. The molecule has 0 radical (unpaired) electrons. The molecule has 0 heterocycles. The van der Waals surface area contributed by atoms with Crippen LogP contribution in [-0.2, 0) is 9.53 Å². The summed E-state index contributed by atoms with van der Waals surface area (Å²) in [4.78, 5) is 13.4. The SMILES string of the molecule is C=CC(=O)OC(C)N(CCC)C(C)(C)CC. The first-order valence-electron chi connectivity index (χ1n) is 5.98. The van der Waals surface area contributed by atoms with Crippen LogP contribution in [0.5, 0.6) is 0 Å². The van der Waals surface area contributed by atoms with Crippen molar-refractivity contribution in [1.82, 2.24) is 4.90 Å². The van der Waals surface area contributed by atoms with Crippen LogP contribution in [-0.4, -0.2) is 29.2 Å². The van der Waals surface area contributed by atoms with Crippen LogP contribution in [0.3, 0.4) is 0 Å². The topological polar surface area (TPSA) is 29.5 Å². The zero-order valence-corrected chi connectivity index (χ0v) is 11.2. The molecule has 3 nitrogen and oxygen atoms in total. The molecule has 0 fully saturated rings. The van der Waals surface area contributed by atoms with Gasteiger partial charge in [0.25, 0.3) is 0 Å². The van der Waals surface area contributed by atoms with E-state index in [-0.39, 0.29) is 17.7 Å². The van der Waals surface area contributed by atoms with Gasteiger partial charge in [-0.15, -0.1) is 0 Å². The molecule has 0 saturated carbocycles. The lowest BCUT2D eigenvalue weighted by atomic mass is 9.98. The second-order valence-electron chi connectivity index (χ2n) is 4.60. The predicted octanol–water partition coefficient (Wildman–Crippen LogP) is 2.96. The molecular weight excluding hydrogens is 202 g/mol. The van der Waals surface area contributed by atoms with Crippen LogP contribution in [0, 0.1) is 0 Å². The molecule has 0 aromatic rings. The monoisotopic (exact) mass is 227 g/mol. The number of nitrogens with zero attached hydrogens (tertiary/aromatic N) is 1. The van der Waals surface area contributed by atoms with Gasteiger partial charge in [0.1, 0.15) is 0 Å². The summed E-state index contributed by atoms with van der Waals surface area (Å²) in [5.74, 6) is -0.361. The van der Waals surface area contributed by atoms with Crippen LogP contribution in [0.2, 0.25) is 0 Å². The van der Waals surface area contributed by atoms with E-state index in [1.807, 2.05) is 6.92 Å². The highest BCUT2D eigenvalue weighted by Crippen LogP contribution is 2.22. The average Bonchev–Trinajstić information content (AvgIpc) is 2.25. The summed E-state index contributed by atoms with van der Waals surface area (Å²) in [6.07, 6.45) is 3.06. The highest BCUT2D eigenvalue weighted by atomic mass is 16.6. The zero-order valence-electron chi connectivity index (χ0n) is 11.2. The minimum Gasteiger partial charge on any atom is -0.443 e. The Morgan fingerprint density at radius 2 is 2.06 bits per heavy atom. The largest absolute Gasteiger partial charge is 0.443 e. The maximum atomic E-state index is 11.2. The first kappa shape index (κ1) is 15.2. The van der Waals surface area contributed by atoms with Gasteiger partial charge in [-0.25, -0.2) is 4.79 Å². The van der Waals surface area contributed by atoms with Gasteiger partial charge in [0.2, 0.25) is 0 Å². The molecule has 0 rings (SSSR count). The van der Waals surface area contributed by atoms with Gasteiger partial charge in [0.05, 0.1) is 0 Å². The fourth-order valence-electron chi connectivity index (χ4n) is 1.70. The molecule has 0 aliphatic heterocycles. The summed E-state index contributed by atoms with van der Waals surface area (Å²) >= 11 is 0. The first-order valence-corrected chi connectivity index (χ1v) is 5.98. The lowest BCUT2D eigenvalue weighted by molar-refractivity contribution is -0.157. The van der Waals surface area contributed by atoms with Gasteiger partial charge in [0.15, 0.2) is 6.23 Å². The maximum absolute atomic E-state index is 11.2. The summed E-state index contributed by atoms with van der Waals surface area (Å²) in [5, 5.41) is 0. The third-order valence-electron chi connectivity index (χ3n) is 3.00. The van der Waals surface area contributed by atoms with E-state index in [1.165, 1.54) is 6.08 Å². The van der Waals surface area contributed by atoms with E-state index in [2.05, 4.69) is 39.2 Å². The van der Waals surface area contributed by atoms with Crippen LogP contribution in [0.15, 0.2) is 12.7 Å². The van der Waals surface area contributed by atoms with Gasteiger partial charge in [0, 0.05) is 18.2 Å². The van der Waals surface area contributed by atoms with Crippen molar-refractivity contribution in [3.63, 3.8) is 0 Å². The molecule has 1 unspecified atom stereocenters. The summed E-state index contributed by atoms with van der Waals surface area (Å²) in [6, 6.07) is 0. The average molecular weight is 227 g/mol. The normalized spacial score (nSPS) is 13.6. The smallest absolute Gasteiger partial charge is 0.331 e. The van der Waals surface area contributed by atoms with E-state index in [0.717, 1.165) is 19.4 Å². The lowest BCUT2D eigenvalue weighted by Crippen LogP contribution is -2.50. The van der Waals surface area contributed by atoms with Crippen LogP contribution < -0.4 is 0 Å². The van der Waals surface area contributed by atoms with Crippen LogP contribution in [0.4, 0.5) is 0 Å². The van der Waals surface area contributed by atoms with Crippen molar-refractivity contribution in [3.05, 3.63) is 12.7 Å². The molecule has 0 aromatic heterocycles. The number of ether oxygens (including phenoxy) is 1. The molecule has 1 atom stereocenters. The minimum absolute atomic E-state index is 0.0386. The van der Waals surface area contributed by atoms with Crippen molar-refractivity contribution in [2.45, 2.75) is 59.2 Å². The second kappa shape index (κ2) is 6.69. The van der Waals surface area contributed by atoms with Gasteiger partial charge in [-0.1, -0.05) is 20.4 Å². The van der Waals surface area contributed by atoms with E-state index < -0.39 is 0 Å². The van der Waals surface area contributed by atoms with E-state index in [4.69, 9.17) is 4.74 Å². The standard InChI is InChI=1S/C13H25NO2/c1-7-10-14(13(5,6)9-3)11(4)16-12(15)8-2/h8,11H,2,7,9-10H2,1,3-6H3. The molecule has 0 spiro atoms. The molecule has 0 N–H and O–H groups in total. The predicted molar refractivity (Wildman–Crippen MR) is 67.1 cm³/mol. The number of esters is 1. The van der Waals surface area contributed by atoms with Crippen molar-refractivity contribution in [2.24, 2.45) is 0 Å². The fourth-order valence-corrected chi connectivity index (χ4v) is 1.70. The van der Waals surface area contributed by atoms with E-state index in [0.29, 0.717) is 0 Å². The molecule has 3 heteroatoms. The van der Waals surface area contributed by atoms with Crippen LogP contribution in [0.1, 0.15) is 47.5 Å². The Hall–Kier alpha value is -0.830. The van der Waals surface area contributed by atoms with Gasteiger partial charge in [-0.05, 0) is 33.6 Å². The van der Waals surface area contributed by atoms with Gasteiger partial charge in [-0.3, -0.25) is 4.90 Å². The number of hydrogen-bond donors (Lipinski definition) is 0. The minimum atomic E-state index is -0.361. The van der Waals surface area contributed by atoms with Crippen molar-refractivity contribution >= 4 is 5.97 Å². The third kappa shape index (κ3) is 4.35. The molecule has 0 aliphatic rings. The molecular formula is C13H25NO2. The molecule has 94 valence electrons. The highest BCUT2D eigenvalue weighted by Gasteiger charge is 2.29. The molecule has 0 bridgehead atoms. The molecule has 0 amide bonds. The third-order valence-corrected chi connectivity index (χ3v) is 3.00. The summed E-state index contributed by atoms with van der Waals surface area (Å²) < 4.78 is 5.27. The van der Waals surface area contributed by atoms with Gasteiger partial charge < -0.3 is 4.74 Å². The van der Waals surface area contributed by atoms with E-state index >= 15 is 0 Å². The van der Waals surface area contributed by atoms with Crippen molar-refractivity contribution < 1.29 is 9.53 Å². The number of rotatable bonds is 7. The van der Waals surface area contributed by atoms with Gasteiger partial charge in [-0.2, -0.15) is 0 Å². The summed E-state index contributed by atoms with van der Waals surface area (Å²) in [6.45, 7) is 14.8. The molecule has 0 aromatic carbocycles. The summed E-state index contributed by atoms with van der Waals surface area (Å²) in [5.41, 5.74) is 0.0386. The highest BCUT2D eigenvalue weighted by molar-refractivity contribution is 5.81. The Morgan fingerprint density at radius 3 is 2.44 bits per heavy atom. The Labute approximate surface area is 99.5 Å². The Kier molecular flexibility index (Phi) is 6.34. The second-order valence-corrected chi connectivity index (χ2v) is 4.60. The maximum Gasteiger partial charge on any atom is 0.331 e. The lowest BCUT2D eigenvalue weighted by Gasteiger charge is -2.41. The first-order chi connectivity index (χ1) is 7.38. The Balaban J connectivity index is 4.63. The number of carbonyl (C=O) groups is 1. The molecule has 0 saturated heterocycles. The fraction of sp³-hybridized carbons (Fsp3) is 0.769. The zero-order chi connectivity index (χ0) is 12.8. The molecule has 0 aliphatic carbocycles. The summed E-state index contributed by atoms with van der Waals surface area (Å²) in [7, 11) is 0. The van der Waals surface area contributed by atoms with Crippen molar-refractivity contribution in [2.75, 3.05) is 6.54 Å². The Bertz CT molecular complexity index is 236. The molecule has 16 heavy (non-hydrogen) atoms. The van der Waals surface area contributed by atoms with Crippen LogP contribution >= 0.6 is 0 Å². The van der Waals surface area contributed by atoms with Crippen molar-refractivity contribution in [3.8, 4) is 0 Å². The number of carbonyl (C=O) groups excluding carboxylic acids is 1.